The van der Waals surface area contributed by atoms with E-state index in [1.807, 2.05) is 10.3 Å². The summed E-state index contributed by atoms with van der Waals surface area (Å²) in [6.45, 7) is 1.67. The second-order valence-electron chi connectivity index (χ2n) is 6.08. The lowest BCUT2D eigenvalue weighted by Gasteiger charge is -2.19. The number of hydrogen-bond acceptors (Lipinski definition) is 4. The Morgan fingerprint density at radius 1 is 1.12 bits per heavy atom. The average molecular weight is 378 g/mol. The first-order valence-corrected chi connectivity index (χ1v) is 9.67. The number of hydrogen-bond donors (Lipinski definition) is 1. The highest BCUT2D eigenvalue weighted by Gasteiger charge is 2.17. The van der Waals surface area contributed by atoms with Gasteiger partial charge in [-0.3, -0.25) is 14.9 Å². The van der Waals surface area contributed by atoms with Crippen LogP contribution in [-0.2, 0) is 11.2 Å². The van der Waals surface area contributed by atoms with Crippen LogP contribution in [0.4, 0.5) is 5.13 Å². The smallest absolute Gasteiger partial charge is 0.257 e. The largest absolute Gasteiger partial charge is 0.342 e. The molecule has 2 heterocycles. The van der Waals surface area contributed by atoms with Crippen LogP contribution in [0, 0.1) is 0 Å². The molecule has 1 aromatic carbocycles. The molecule has 1 aromatic heterocycles. The molecule has 25 heavy (non-hydrogen) atoms. The Morgan fingerprint density at radius 3 is 2.48 bits per heavy atom. The number of nitrogens with zero attached hydrogens (tertiary/aromatic N) is 2. The van der Waals surface area contributed by atoms with E-state index in [0.717, 1.165) is 25.9 Å². The minimum atomic E-state index is -0.239. The maximum atomic E-state index is 12.4. The molecular weight excluding hydrogens is 358 g/mol. The summed E-state index contributed by atoms with van der Waals surface area (Å²) in [7, 11) is 0. The quantitative estimate of drug-likeness (QED) is 0.876. The van der Waals surface area contributed by atoms with Gasteiger partial charge in [0, 0.05) is 29.1 Å². The molecule has 0 saturated carbocycles. The van der Waals surface area contributed by atoms with Gasteiger partial charge in [0.25, 0.3) is 5.91 Å². The Morgan fingerprint density at radius 2 is 1.80 bits per heavy atom. The fraction of sp³-hybridized carbons (Fsp3) is 0.389. The maximum absolute atomic E-state index is 12.4. The van der Waals surface area contributed by atoms with Crippen molar-refractivity contribution in [3.63, 3.8) is 0 Å². The van der Waals surface area contributed by atoms with Crippen molar-refractivity contribution in [3.8, 4) is 0 Å². The molecule has 2 aromatic rings. The predicted octanol–water partition coefficient (Wildman–Crippen LogP) is 3.99. The van der Waals surface area contributed by atoms with Crippen LogP contribution in [0.3, 0.4) is 0 Å². The first-order valence-electron chi connectivity index (χ1n) is 8.41. The number of anilines is 1. The van der Waals surface area contributed by atoms with E-state index < -0.39 is 0 Å². The zero-order valence-electron chi connectivity index (χ0n) is 13.8. The van der Waals surface area contributed by atoms with Gasteiger partial charge in [0.2, 0.25) is 5.91 Å². The second kappa shape index (κ2) is 8.45. The molecule has 0 aliphatic carbocycles. The van der Waals surface area contributed by atoms with Crippen molar-refractivity contribution < 1.29 is 9.59 Å². The number of halogens is 1. The van der Waals surface area contributed by atoms with Crippen molar-refractivity contribution in [2.45, 2.75) is 32.1 Å². The first kappa shape index (κ1) is 17.9. The maximum Gasteiger partial charge on any atom is 0.257 e. The molecular formula is C18H20ClN3O2S. The van der Waals surface area contributed by atoms with Gasteiger partial charge in [0.05, 0.1) is 12.1 Å². The van der Waals surface area contributed by atoms with Gasteiger partial charge in [-0.1, -0.05) is 24.4 Å². The third-order valence-electron chi connectivity index (χ3n) is 4.17. The molecule has 1 aliphatic heterocycles. The fourth-order valence-electron chi connectivity index (χ4n) is 2.80. The van der Waals surface area contributed by atoms with Gasteiger partial charge in [0.1, 0.15) is 0 Å². The normalized spacial score (nSPS) is 14.8. The minimum Gasteiger partial charge on any atom is -0.342 e. The molecule has 1 fully saturated rings. The van der Waals surface area contributed by atoms with Crippen molar-refractivity contribution in [3.05, 3.63) is 45.9 Å². The third kappa shape index (κ3) is 5.03. The summed E-state index contributed by atoms with van der Waals surface area (Å²) in [6, 6.07) is 6.66. The van der Waals surface area contributed by atoms with Crippen LogP contribution >= 0.6 is 22.9 Å². The summed E-state index contributed by atoms with van der Waals surface area (Å²) in [5, 5.41) is 5.67. The Bertz CT molecular complexity index is 737. The molecule has 5 nitrogen and oxygen atoms in total. The number of carbonyl (C=O) groups excluding carboxylic acids is 2. The molecule has 0 bridgehead atoms. The summed E-state index contributed by atoms with van der Waals surface area (Å²) >= 11 is 7.15. The van der Waals surface area contributed by atoms with Crippen molar-refractivity contribution >= 4 is 39.9 Å². The van der Waals surface area contributed by atoms with Crippen molar-refractivity contribution in [2.75, 3.05) is 18.4 Å². The van der Waals surface area contributed by atoms with Crippen molar-refractivity contribution in [2.24, 2.45) is 0 Å². The Hall–Kier alpha value is -1.92. The predicted molar refractivity (Wildman–Crippen MR) is 100 cm³/mol. The van der Waals surface area contributed by atoms with E-state index in [1.54, 1.807) is 24.3 Å². The molecule has 3 rings (SSSR count). The molecule has 7 heteroatoms. The van der Waals surface area contributed by atoms with E-state index in [4.69, 9.17) is 11.6 Å². The summed E-state index contributed by atoms with van der Waals surface area (Å²) in [5.74, 6) is -0.126. The third-order valence-corrected chi connectivity index (χ3v) is 5.23. The monoisotopic (exact) mass is 377 g/mol. The van der Waals surface area contributed by atoms with Crippen LogP contribution in [0.15, 0.2) is 29.6 Å². The van der Waals surface area contributed by atoms with Crippen LogP contribution in [-0.4, -0.2) is 34.8 Å². The molecule has 1 N–H and O–H groups in total. The summed E-state index contributed by atoms with van der Waals surface area (Å²) < 4.78 is 0. The zero-order valence-corrected chi connectivity index (χ0v) is 15.4. The standard InChI is InChI=1S/C18H20ClN3O2S/c19-14-7-5-13(6-8-14)17(24)21-18-20-15(12-25-18)11-16(23)22-9-3-1-2-4-10-22/h5-8,12H,1-4,9-11H2,(H,20,21,24). The van der Waals surface area contributed by atoms with E-state index in [9.17, 15) is 9.59 Å². The number of rotatable bonds is 4. The van der Waals surface area contributed by atoms with Crippen molar-refractivity contribution in [1.82, 2.24) is 9.88 Å². The lowest BCUT2D eigenvalue weighted by Crippen LogP contribution is -2.33. The molecule has 0 unspecified atom stereocenters. The van der Waals surface area contributed by atoms with E-state index >= 15 is 0 Å². The van der Waals surface area contributed by atoms with Gasteiger partial charge in [0.15, 0.2) is 5.13 Å². The van der Waals surface area contributed by atoms with Crippen LogP contribution < -0.4 is 5.32 Å². The summed E-state index contributed by atoms with van der Waals surface area (Å²) in [5.41, 5.74) is 1.22. The SMILES string of the molecule is O=C(Nc1nc(CC(=O)N2CCCCCC2)cs1)c1ccc(Cl)cc1. The lowest BCUT2D eigenvalue weighted by atomic mass is 10.2. The molecule has 1 aliphatic rings. The molecule has 2 amide bonds. The molecule has 132 valence electrons. The first-order chi connectivity index (χ1) is 12.1. The molecule has 0 spiro atoms. The van der Waals surface area contributed by atoms with E-state index in [0.29, 0.717) is 21.4 Å². The van der Waals surface area contributed by atoms with Crippen molar-refractivity contribution in [1.29, 1.82) is 0 Å². The summed E-state index contributed by atoms with van der Waals surface area (Å²) in [6.07, 6.45) is 4.83. The zero-order chi connectivity index (χ0) is 17.6. The van der Waals surface area contributed by atoms with E-state index in [-0.39, 0.29) is 18.2 Å². The van der Waals surface area contributed by atoms with Gasteiger partial charge in [-0.25, -0.2) is 4.98 Å². The van der Waals surface area contributed by atoms with Gasteiger partial charge in [-0.05, 0) is 37.1 Å². The van der Waals surface area contributed by atoms with E-state index in [2.05, 4.69) is 10.3 Å². The van der Waals surface area contributed by atoms with Gasteiger partial charge >= 0.3 is 0 Å². The molecule has 0 radical (unpaired) electrons. The van der Waals surface area contributed by atoms with Crippen LogP contribution in [0.25, 0.3) is 0 Å². The number of thiazole rings is 1. The topological polar surface area (TPSA) is 62.3 Å². The number of nitrogens with one attached hydrogen (secondary N) is 1. The Balaban J connectivity index is 1.57. The highest BCUT2D eigenvalue weighted by atomic mass is 35.5. The molecule has 0 atom stereocenters. The van der Waals surface area contributed by atoms with Gasteiger partial charge in [-0.15, -0.1) is 11.3 Å². The number of aromatic nitrogens is 1. The van der Waals surface area contributed by atoms with Crippen LogP contribution in [0.5, 0.6) is 0 Å². The number of likely N-dealkylation sites (tertiary alicyclic amines) is 1. The molecule has 1 saturated heterocycles. The lowest BCUT2D eigenvalue weighted by molar-refractivity contribution is -0.130. The second-order valence-corrected chi connectivity index (χ2v) is 7.37. The highest BCUT2D eigenvalue weighted by Crippen LogP contribution is 2.19. The summed E-state index contributed by atoms with van der Waals surface area (Å²) in [4.78, 5) is 30.9. The highest BCUT2D eigenvalue weighted by molar-refractivity contribution is 7.14. The van der Waals surface area contributed by atoms with Gasteiger partial charge < -0.3 is 4.90 Å². The average Bonchev–Trinajstić information content (AvgIpc) is 2.86. The Labute approximate surface area is 156 Å². The number of amides is 2. The number of carbonyl (C=O) groups is 2. The van der Waals surface area contributed by atoms with Crippen LogP contribution in [0.2, 0.25) is 5.02 Å². The fourth-order valence-corrected chi connectivity index (χ4v) is 3.63. The number of benzene rings is 1. The Kier molecular flexibility index (Phi) is 6.04. The van der Waals surface area contributed by atoms with Gasteiger partial charge in [-0.2, -0.15) is 0 Å². The minimum absolute atomic E-state index is 0.114. The van der Waals surface area contributed by atoms with Crippen LogP contribution in [0.1, 0.15) is 41.7 Å². The van der Waals surface area contributed by atoms with E-state index in [1.165, 1.54) is 24.2 Å².